The molecule has 1 aromatic heterocycles. The molecular weight excluding hydrogens is 466 g/mol. The number of nitrogens with zero attached hydrogens (tertiary/aromatic N) is 2. The molecule has 0 aliphatic carbocycles. The van der Waals surface area contributed by atoms with E-state index in [0.717, 1.165) is 12.1 Å². The van der Waals surface area contributed by atoms with Gasteiger partial charge in [0.25, 0.3) is 0 Å². The molecule has 36 heavy (non-hydrogen) atoms. The van der Waals surface area contributed by atoms with E-state index in [9.17, 15) is 23.5 Å². The van der Waals surface area contributed by atoms with Gasteiger partial charge in [-0.25, -0.2) is 23.4 Å². The van der Waals surface area contributed by atoms with Gasteiger partial charge in [-0.2, -0.15) is 0 Å². The molecule has 0 saturated heterocycles. The van der Waals surface area contributed by atoms with E-state index in [1.54, 1.807) is 12.1 Å². The van der Waals surface area contributed by atoms with Crippen LogP contribution in [0.15, 0.2) is 54.6 Å². The SMILES string of the molecule is CC(C)CN(CC(C)C)c1cc(NC(=O)Nc2ccccc2F)cc(-c2cc(F)ccc2C(=O)O)n1. The highest BCUT2D eigenvalue weighted by Gasteiger charge is 2.19. The molecule has 2 amide bonds. The van der Waals surface area contributed by atoms with Crippen LogP contribution < -0.4 is 15.5 Å². The van der Waals surface area contributed by atoms with E-state index in [1.165, 1.54) is 30.3 Å². The maximum atomic E-state index is 14.1. The van der Waals surface area contributed by atoms with Gasteiger partial charge in [-0.3, -0.25) is 0 Å². The molecule has 9 heteroatoms. The summed E-state index contributed by atoms with van der Waals surface area (Å²) < 4.78 is 28.1. The smallest absolute Gasteiger partial charge is 0.336 e. The van der Waals surface area contributed by atoms with Crippen molar-refractivity contribution in [3.8, 4) is 11.3 Å². The molecule has 3 rings (SSSR count). The summed E-state index contributed by atoms with van der Waals surface area (Å²) in [6, 6.07) is 11.5. The van der Waals surface area contributed by atoms with Crippen LogP contribution in [0.1, 0.15) is 38.1 Å². The minimum atomic E-state index is -1.23. The zero-order valence-electron chi connectivity index (χ0n) is 20.7. The number of aromatic carboxylic acids is 1. The van der Waals surface area contributed by atoms with Crippen molar-refractivity contribution in [2.24, 2.45) is 11.8 Å². The number of para-hydroxylation sites is 1. The molecule has 0 saturated carbocycles. The summed E-state index contributed by atoms with van der Waals surface area (Å²) in [5.74, 6) is -1.36. The first-order valence-corrected chi connectivity index (χ1v) is 11.7. The topological polar surface area (TPSA) is 94.6 Å². The molecule has 3 N–H and O–H groups in total. The second-order valence-electron chi connectivity index (χ2n) is 9.35. The van der Waals surface area contributed by atoms with Gasteiger partial charge in [-0.05, 0) is 48.2 Å². The molecule has 7 nitrogen and oxygen atoms in total. The molecule has 2 aromatic carbocycles. The highest BCUT2D eigenvalue weighted by molar-refractivity contribution is 6.01. The van der Waals surface area contributed by atoms with Crippen molar-refractivity contribution in [1.82, 2.24) is 4.98 Å². The van der Waals surface area contributed by atoms with E-state index in [-0.39, 0.29) is 22.5 Å². The molecule has 0 unspecified atom stereocenters. The Kier molecular flexibility index (Phi) is 8.58. The minimum Gasteiger partial charge on any atom is -0.478 e. The first-order valence-electron chi connectivity index (χ1n) is 11.7. The number of carbonyl (C=O) groups is 2. The molecule has 1 heterocycles. The van der Waals surface area contributed by atoms with Gasteiger partial charge in [0.15, 0.2) is 0 Å². The molecule has 0 bridgehead atoms. The van der Waals surface area contributed by atoms with Gasteiger partial charge in [-0.15, -0.1) is 0 Å². The first-order chi connectivity index (χ1) is 17.0. The Bertz CT molecular complexity index is 1240. The average molecular weight is 497 g/mol. The monoisotopic (exact) mass is 496 g/mol. The van der Waals surface area contributed by atoms with Crippen molar-refractivity contribution in [2.45, 2.75) is 27.7 Å². The molecular formula is C27H30F2N4O3. The Labute approximate surface area is 209 Å². The van der Waals surface area contributed by atoms with Crippen molar-refractivity contribution in [1.29, 1.82) is 0 Å². The van der Waals surface area contributed by atoms with E-state index in [4.69, 9.17) is 0 Å². The second kappa shape index (κ2) is 11.6. The summed E-state index contributed by atoms with van der Waals surface area (Å²) in [5.41, 5.74) is 0.437. The lowest BCUT2D eigenvalue weighted by molar-refractivity contribution is 0.0697. The molecule has 0 aliphatic heterocycles. The number of urea groups is 1. The van der Waals surface area contributed by atoms with Crippen LogP contribution in [0.5, 0.6) is 0 Å². The fourth-order valence-electron chi connectivity index (χ4n) is 3.79. The minimum absolute atomic E-state index is 0.00374. The number of halogens is 2. The van der Waals surface area contributed by atoms with E-state index >= 15 is 0 Å². The Hall–Kier alpha value is -4.01. The first kappa shape index (κ1) is 26.6. The number of hydrogen-bond donors (Lipinski definition) is 3. The van der Waals surface area contributed by atoms with Crippen LogP contribution in [-0.2, 0) is 0 Å². The third-order valence-corrected chi connectivity index (χ3v) is 5.17. The maximum absolute atomic E-state index is 14.1. The van der Waals surface area contributed by atoms with Gasteiger partial charge in [0.1, 0.15) is 17.5 Å². The number of carboxylic acid groups (broad SMARTS) is 1. The zero-order valence-corrected chi connectivity index (χ0v) is 20.7. The number of carboxylic acids is 1. The van der Waals surface area contributed by atoms with Crippen LogP contribution in [0.2, 0.25) is 0 Å². The fourth-order valence-corrected chi connectivity index (χ4v) is 3.79. The van der Waals surface area contributed by atoms with E-state index < -0.39 is 23.6 Å². The normalized spacial score (nSPS) is 11.0. The number of carbonyl (C=O) groups excluding carboxylic acids is 1. The van der Waals surface area contributed by atoms with Crippen LogP contribution >= 0.6 is 0 Å². The van der Waals surface area contributed by atoms with Crippen LogP contribution in [0.3, 0.4) is 0 Å². The molecule has 0 atom stereocenters. The lowest BCUT2D eigenvalue weighted by atomic mass is 10.0. The van der Waals surface area contributed by atoms with Gasteiger partial charge in [0.05, 0.1) is 16.9 Å². The van der Waals surface area contributed by atoms with Gasteiger partial charge < -0.3 is 20.6 Å². The molecule has 0 spiro atoms. The lowest BCUT2D eigenvalue weighted by Gasteiger charge is -2.28. The summed E-state index contributed by atoms with van der Waals surface area (Å²) in [6.07, 6.45) is 0. The fraction of sp³-hybridized carbons (Fsp3) is 0.296. The average Bonchev–Trinajstić information content (AvgIpc) is 2.79. The number of aromatic nitrogens is 1. The van der Waals surface area contributed by atoms with Crippen LogP contribution in [-0.4, -0.2) is 35.2 Å². The van der Waals surface area contributed by atoms with E-state index in [0.29, 0.717) is 36.4 Å². The maximum Gasteiger partial charge on any atom is 0.336 e. The Morgan fingerprint density at radius 1 is 0.944 bits per heavy atom. The highest BCUT2D eigenvalue weighted by atomic mass is 19.1. The lowest BCUT2D eigenvalue weighted by Crippen LogP contribution is -2.32. The van der Waals surface area contributed by atoms with Crippen molar-refractivity contribution in [2.75, 3.05) is 28.6 Å². The van der Waals surface area contributed by atoms with Crippen LogP contribution in [0, 0.1) is 23.5 Å². The van der Waals surface area contributed by atoms with Crippen LogP contribution in [0.25, 0.3) is 11.3 Å². The quantitative estimate of drug-likeness (QED) is 0.315. The summed E-state index contributed by atoms with van der Waals surface area (Å²) in [5, 5.41) is 14.8. The van der Waals surface area contributed by atoms with E-state index in [1.807, 2.05) is 4.90 Å². The molecule has 190 valence electrons. The van der Waals surface area contributed by atoms with Gasteiger partial charge in [0.2, 0.25) is 0 Å². The number of pyridine rings is 1. The number of rotatable bonds is 9. The summed E-state index contributed by atoms with van der Waals surface area (Å²) in [4.78, 5) is 31.2. The Balaban J connectivity index is 2.08. The van der Waals surface area contributed by atoms with Gasteiger partial charge in [0, 0.05) is 30.4 Å². The molecule has 0 aliphatic rings. The van der Waals surface area contributed by atoms with Crippen LogP contribution in [0.4, 0.5) is 30.8 Å². The van der Waals surface area contributed by atoms with Crippen molar-refractivity contribution >= 4 is 29.2 Å². The largest absolute Gasteiger partial charge is 0.478 e. The summed E-state index contributed by atoms with van der Waals surface area (Å²) in [6.45, 7) is 9.57. The zero-order chi connectivity index (χ0) is 26.4. The van der Waals surface area contributed by atoms with Gasteiger partial charge >= 0.3 is 12.0 Å². The van der Waals surface area contributed by atoms with E-state index in [2.05, 4.69) is 43.3 Å². The van der Waals surface area contributed by atoms with Crippen molar-refractivity contribution in [3.63, 3.8) is 0 Å². The van der Waals surface area contributed by atoms with Gasteiger partial charge in [-0.1, -0.05) is 39.8 Å². The predicted molar refractivity (Wildman–Crippen MR) is 138 cm³/mol. The standard InChI is InChI=1S/C27H30F2N4O3/c1-16(2)14-33(15-17(3)4)25-13-19(30-27(36)32-23-8-6-5-7-22(23)29)12-24(31-25)21-11-18(28)9-10-20(21)26(34)35/h5-13,16-17H,14-15H2,1-4H3,(H,34,35)(H2,30,31,32,36). The molecule has 0 radical (unpaired) electrons. The number of hydrogen-bond acceptors (Lipinski definition) is 4. The number of anilines is 3. The molecule has 3 aromatic rings. The third-order valence-electron chi connectivity index (χ3n) is 5.17. The highest BCUT2D eigenvalue weighted by Crippen LogP contribution is 2.30. The Morgan fingerprint density at radius 3 is 2.22 bits per heavy atom. The van der Waals surface area contributed by atoms with Crippen molar-refractivity contribution < 1.29 is 23.5 Å². The number of nitrogens with one attached hydrogen (secondary N) is 2. The number of benzene rings is 2. The number of amides is 2. The second-order valence-corrected chi connectivity index (χ2v) is 9.35. The predicted octanol–water partition coefficient (Wildman–Crippen LogP) is 6.49. The molecule has 0 fully saturated rings. The van der Waals surface area contributed by atoms with Crippen molar-refractivity contribution in [3.05, 3.63) is 71.8 Å². The summed E-state index contributed by atoms with van der Waals surface area (Å²) in [7, 11) is 0. The third kappa shape index (κ3) is 7.00. The Morgan fingerprint density at radius 2 is 1.61 bits per heavy atom. The summed E-state index contributed by atoms with van der Waals surface area (Å²) >= 11 is 0.